The van der Waals surface area contributed by atoms with E-state index in [0.29, 0.717) is 50.4 Å². The Morgan fingerprint density at radius 2 is 1.23 bits per heavy atom. The topological polar surface area (TPSA) is 102 Å². The summed E-state index contributed by atoms with van der Waals surface area (Å²) in [6, 6.07) is 14.6. The lowest BCUT2D eigenvalue weighted by molar-refractivity contribution is 0.0658. The zero-order valence-electron chi connectivity index (χ0n) is 20.3. The van der Waals surface area contributed by atoms with Crippen LogP contribution in [0.25, 0.3) is 0 Å². The number of benzene rings is 2. The molecular weight excluding hydrogens is 444 g/mol. The Morgan fingerprint density at radius 3 is 1.80 bits per heavy atom. The molecule has 2 saturated heterocycles. The molecule has 0 saturated carbocycles. The third-order valence-electron chi connectivity index (χ3n) is 6.67. The van der Waals surface area contributed by atoms with Gasteiger partial charge >= 0.3 is 6.03 Å². The fraction of sp³-hybridized carbons (Fsp3) is 0.423. The van der Waals surface area contributed by atoms with E-state index >= 15 is 0 Å². The summed E-state index contributed by atoms with van der Waals surface area (Å²) in [5, 5.41) is 2.95. The number of piperazine rings is 2. The monoisotopic (exact) mass is 478 g/mol. The molecule has 35 heavy (non-hydrogen) atoms. The Hall–Kier alpha value is -3.43. The summed E-state index contributed by atoms with van der Waals surface area (Å²) >= 11 is 0. The van der Waals surface area contributed by atoms with Crippen LogP contribution < -0.4 is 11.1 Å². The van der Waals surface area contributed by atoms with Crippen LogP contribution in [-0.2, 0) is 13.1 Å². The van der Waals surface area contributed by atoms with E-state index in [4.69, 9.17) is 5.73 Å². The van der Waals surface area contributed by atoms with E-state index in [-0.39, 0.29) is 17.8 Å². The van der Waals surface area contributed by atoms with Crippen molar-refractivity contribution in [1.82, 2.24) is 24.9 Å². The molecule has 186 valence electrons. The SMILES string of the molecule is CN1CCN(C(=O)c2cccc(CNC(=O)N3CCN(C(=O)c4cccc(CN)c4)CC3)c2)CC1. The average Bonchev–Trinajstić information content (AvgIpc) is 2.91. The normalized spacial score (nSPS) is 16.8. The first-order valence-electron chi connectivity index (χ1n) is 12.1. The van der Waals surface area contributed by atoms with Gasteiger partial charge in [0.25, 0.3) is 11.8 Å². The van der Waals surface area contributed by atoms with E-state index in [2.05, 4.69) is 17.3 Å². The van der Waals surface area contributed by atoms with Crippen LogP contribution in [-0.4, -0.2) is 96.9 Å². The van der Waals surface area contributed by atoms with Crippen LogP contribution >= 0.6 is 0 Å². The van der Waals surface area contributed by atoms with E-state index < -0.39 is 0 Å². The molecule has 9 nitrogen and oxygen atoms in total. The second kappa shape index (κ2) is 11.3. The van der Waals surface area contributed by atoms with Crippen molar-refractivity contribution in [3.05, 3.63) is 70.8 Å². The van der Waals surface area contributed by atoms with Gasteiger partial charge in [0, 0.05) is 76.6 Å². The van der Waals surface area contributed by atoms with Gasteiger partial charge in [-0.15, -0.1) is 0 Å². The van der Waals surface area contributed by atoms with Crippen LogP contribution in [0.2, 0.25) is 0 Å². The van der Waals surface area contributed by atoms with Crippen molar-refractivity contribution in [3.63, 3.8) is 0 Å². The molecule has 2 aliphatic heterocycles. The number of hydrogen-bond donors (Lipinski definition) is 2. The summed E-state index contributed by atoms with van der Waals surface area (Å²) in [4.78, 5) is 45.9. The van der Waals surface area contributed by atoms with Gasteiger partial charge in [-0.05, 0) is 42.4 Å². The van der Waals surface area contributed by atoms with Crippen molar-refractivity contribution in [2.75, 3.05) is 59.4 Å². The number of urea groups is 1. The van der Waals surface area contributed by atoms with Gasteiger partial charge in [-0.3, -0.25) is 9.59 Å². The molecule has 0 aliphatic carbocycles. The quantitative estimate of drug-likeness (QED) is 0.673. The first-order valence-corrected chi connectivity index (χ1v) is 12.1. The molecule has 2 aliphatic rings. The van der Waals surface area contributed by atoms with Crippen molar-refractivity contribution in [2.24, 2.45) is 5.73 Å². The molecule has 2 heterocycles. The molecule has 0 atom stereocenters. The fourth-order valence-electron chi connectivity index (χ4n) is 4.42. The number of amides is 4. The molecule has 4 amide bonds. The van der Waals surface area contributed by atoms with E-state index in [1.807, 2.05) is 47.4 Å². The van der Waals surface area contributed by atoms with Gasteiger partial charge in [-0.2, -0.15) is 0 Å². The van der Waals surface area contributed by atoms with E-state index in [1.54, 1.807) is 15.9 Å². The van der Waals surface area contributed by atoms with E-state index in [1.165, 1.54) is 0 Å². The molecule has 0 unspecified atom stereocenters. The number of nitrogens with one attached hydrogen (secondary N) is 1. The summed E-state index contributed by atoms with van der Waals surface area (Å²) in [6.07, 6.45) is 0. The molecular formula is C26H34N6O3. The third kappa shape index (κ3) is 6.17. The van der Waals surface area contributed by atoms with Crippen LogP contribution in [0.5, 0.6) is 0 Å². The average molecular weight is 479 g/mol. The first-order chi connectivity index (χ1) is 16.9. The summed E-state index contributed by atoms with van der Waals surface area (Å²) in [5.74, 6) is -0.00810. The summed E-state index contributed by atoms with van der Waals surface area (Å²) in [6.45, 7) is 5.83. The maximum absolute atomic E-state index is 12.8. The van der Waals surface area contributed by atoms with Crippen LogP contribution in [0.15, 0.2) is 48.5 Å². The Kier molecular flexibility index (Phi) is 7.99. The lowest BCUT2D eigenvalue weighted by Gasteiger charge is -2.34. The van der Waals surface area contributed by atoms with E-state index in [0.717, 1.165) is 37.3 Å². The third-order valence-corrected chi connectivity index (χ3v) is 6.67. The van der Waals surface area contributed by atoms with Crippen molar-refractivity contribution >= 4 is 17.8 Å². The second-order valence-corrected chi connectivity index (χ2v) is 9.14. The van der Waals surface area contributed by atoms with Gasteiger partial charge in [0.15, 0.2) is 0 Å². The maximum Gasteiger partial charge on any atom is 0.317 e. The molecule has 0 spiro atoms. The molecule has 4 rings (SSSR count). The van der Waals surface area contributed by atoms with Crippen LogP contribution in [0, 0.1) is 0 Å². The lowest BCUT2D eigenvalue weighted by atomic mass is 10.1. The van der Waals surface area contributed by atoms with E-state index in [9.17, 15) is 14.4 Å². The summed E-state index contributed by atoms with van der Waals surface area (Å²) < 4.78 is 0. The van der Waals surface area contributed by atoms with Gasteiger partial charge in [0.2, 0.25) is 0 Å². The molecule has 2 aromatic carbocycles. The highest BCUT2D eigenvalue weighted by Gasteiger charge is 2.25. The summed E-state index contributed by atoms with van der Waals surface area (Å²) in [7, 11) is 2.06. The molecule has 2 aromatic rings. The van der Waals surface area contributed by atoms with Crippen LogP contribution in [0.3, 0.4) is 0 Å². The van der Waals surface area contributed by atoms with Gasteiger partial charge in [0.1, 0.15) is 0 Å². The predicted molar refractivity (Wildman–Crippen MR) is 134 cm³/mol. The molecule has 9 heteroatoms. The van der Waals surface area contributed by atoms with Gasteiger partial charge < -0.3 is 30.7 Å². The molecule has 0 bridgehead atoms. The van der Waals surface area contributed by atoms with Gasteiger partial charge in [-0.25, -0.2) is 4.79 Å². The standard InChI is InChI=1S/C26H34N6O3/c1-29-8-10-30(11-9-29)25(34)23-7-3-5-21(17-23)19-28-26(35)32-14-12-31(13-15-32)24(33)22-6-2-4-20(16-22)18-27/h2-7,16-17H,8-15,18-19,27H2,1H3,(H,28,35). The molecule has 2 fully saturated rings. The van der Waals surface area contributed by atoms with Crippen molar-refractivity contribution in [1.29, 1.82) is 0 Å². The minimum Gasteiger partial charge on any atom is -0.336 e. The smallest absolute Gasteiger partial charge is 0.317 e. The lowest BCUT2D eigenvalue weighted by Crippen LogP contribution is -2.53. The maximum atomic E-state index is 12.8. The number of nitrogens with two attached hydrogens (primary N) is 1. The molecule has 0 aromatic heterocycles. The van der Waals surface area contributed by atoms with Crippen LogP contribution in [0.1, 0.15) is 31.8 Å². The number of likely N-dealkylation sites (N-methyl/N-ethyl adjacent to an activating group) is 1. The number of hydrogen-bond acceptors (Lipinski definition) is 5. The zero-order chi connectivity index (χ0) is 24.8. The largest absolute Gasteiger partial charge is 0.336 e. The summed E-state index contributed by atoms with van der Waals surface area (Å²) in [5.41, 5.74) is 8.75. The van der Waals surface area contributed by atoms with Crippen LogP contribution in [0.4, 0.5) is 4.79 Å². The highest BCUT2D eigenvalue weighted by molar-refractivity contribution is 5.95. The number of nitrogens with zero attached hydrogens (tertiary/aromatic N) is 4. The first kappa shape index (κ1) is 24.7. The number of carbonyl (C=O) groups excluding carboxylic acids is 3. The molecule has 0 radical (unpaired) electrons. The minimum absolute atomic E-state index is 0.0315. The Bertz CT molecular complexity index is 1060. The van der Waals surface area contributed by atoms with Gasteiger partial charge in [-0.1, -0.05) is 24.3 Å². The minimum atomic E-state index is -0.168. The predicted octanol–water partition coefficient (Wildman–Crippen LogP) is 1.20. The zero-order valence-corrected chi connectivity index (χ0v) is 20.3. The number of rotatable bonds is 5. The van der Waals surface area contributed by atoms with Crippen molar-refractivity contribution < 1.29 is 14.4 Å². The second-order valence-electron chi connectivity index (χ2n) is 9.14. The van der Waals surface area contributed by atoms with Crippen molar-refractivity contribution in [3.8, 4) is 0 Å². The Morgan fingerprint density at radius 1 is 0.743 bits per heavy atom. The fourth-order valence-corrected chi connectivity index (χ4v) is 4.42. The highest BCUT2D eigenvalue weighted by Crippen LogP contribution is 2.13. The van der Waals surface area contributed by atoms with Gasteiger partial charge in [0.05, 0.1) is 0 Å². The Balaban J connectivity index is 1.26. The molecule has 3 N–H and O–H groups in total. The van der Waals surface area contributed by atoms with Crippen molar-refractivity contribution in [2.45, 2.75) is 13.1 Å². The number of carbonyl (C=O) groups is 3. The Labute approximate surface area is 206 Å². The highest BCUT2D eigenvalue weighted by atomic mass is 16.2.